The minimum Gasteiger partial charge on any atom is -0.277 e. The summed E-state index contributed by atoms with van der Waals surface area (Å²) in [7, 11) is 0. The van der Waals surface area contributed by atoms with Crippen LogP contribution in [0.15, 0.2) is 65.7 Å². The Morgan fingerprint density at radius 2 is 1.48 bits per heavy atom. The maximum atomic E-state index is 13.2. The van der Waals surface area contributed by atoms with Crippen LogP contribution >= 0.6 is 0 Å². The molecule has 0 N–H and O–H groups in total. The van der Waals surface area contributed by atoms with E-state index in [-0.39, 0.29) is 6.42 Å². The molecule has 1 unspecified atom stereocenters. The van der Waals surface area contributed by atoms with Crippen LogP contribution in [0, 0.1) is 0 Å². The molecular formula is C17H16F3N. The molecule has 0 aliphatic rings. The van der Waals surface area contributed by atoms with E-state index in [1.54, 1.807) is 61.5 Å². The molecule has 0 aliphatic carbocycles. The minimum absolute atomic E-state index is 0.207. The number of benzene rings is 2. The van der Waals surface area contributed by atoms with Gasteiger partial charge in [-0.2, -0.15) is 13.2 Å². The summed E-state index contributed by atoms with van der Waals surface area (Å²) >= 11 is 0. The second-order valence-corrected chi connectivity index (χ2v) is 4.82. The predicted molar refractivity (Wildman–Crippen MR) is 78.5 cm³/mol. The van der Waals surface area contributed by atoms with Crippen LogP contribution in [0.4, 0.5) is 13.2 Å². The van der Waals surface area contributed by atoms with Crippen molar-refractivity contribution in [1.29, 1.82) is 0 Å². The molecule has 1 nitrogen and oxygen atoms in total. The van der Waals surface area contributed by atoms with Gasteiger partial charge < -0.3 is 0 Å². The van der Waals surface area contributed by atoms with Crippen LogP contribution in [0.5, 0.6) is 0 Å². The molecule has 110 valence electrons. The molecule has 0 heterocycles. The first kappa shape index (κ1) is 15.3. The number of hydrogen-bond donors (Lipinski definition) is 0. The van der Waals surface area contributed by atoms with Crippen LogP contribution in [0.3, 0.4) is 0 Å². The van der Waals surface area contributed by atoms with Gasteiger partial charge in [-0.05, 0) is 18.1 Å². The van der Waals surface area contributed by atoms with Gasteiger partial charge in [0.15, 0.2) is 0 Å². The molecule has 21 heavy (non-hydrogen) atoms. The highest BCUT2D eigenvalue weighted by Crippen LogP contribution is 2.25. The van der Waals surface area contributed by atoms with Crippen LogP contribution in [-0.2, 0) is 6.42 Å². The monoisotopic (exact) mass is 291 g/mol. The van der Waals surface area contributed by atoms with Crippen LogP contribution in [0.1, 0.15) is 24.1 Å². The Labute approximate surface area is 122 Å². The number of alkyl halides is 3. The van der Waals surface area contributed by atoms with Crippen molar-refractivity contribution in [3.8, 4) is 0 Å². The number of hydrogen-bond acceptors (Lipinski definition) is 1. The smallest absolute Gasteiger partial charge is 0.277 e. The standard InChI is InChI=1S/C17H16F3N/c1-13(15-10-6-3-7-11-15)21-16(17(18,19)20)12-14-8-4-2-5-9-14/h2-11,13H,12H2,1H3. The second kappa shape index (κ2) is 6.57. The maximum Gasteiger partial charge on any atom is 0.429 e. The van der Waals surface area contributed by atoms with Gasteiger partial charge in [0.25, 0.3) is 0 Å². The Morgan fingerprint density at radius 1 is 0.952 bits per heavy atom. The quantitative estimate of drug-likeness (QED) is 0.703. The molecule has 2 aromatic carbocycles. The summed E-state index contributed by atoms with van der Waals surface area (Å²) in [5, 5.41) is 0. The predicted octanol–water partition coefficient (Wildman–Crippen LogP) is 4.99. The van der Waals surface area contributed by atoms with E-state index < -0.39 is 17.9 Å². The molecule has 0 spiro atoms. The van der Waals surface area contributed by atoms with Gasteiger partial charge in [-0.25, -0.2) is 0 Å². The Hall–Kier alpha value is -2.10. The van der Waals surface area contributed by atoms with Gasteiger partial charge in [0, 0.05) is 6.42 Å². The molecule has 0 radical (unpaired) electrons. The lowest BCUT2D eigenvalue weighted by Gasteiger charge is -2.14. The topological polar surface area (TPSA) is 12.4 Å². The van der Waals surface area contributed by atoms with E-state index in [0.717, 1.165) is 5.56 Å². The van der Waals surface area contributed by atoms with Crippen LogP contribution in [-0.4, -0.2) is 11.9 Å². The summed E-state index contributed by atoms with van der Waals surface area (Å²) in [6.07, 6.45) is -4.62. The largest absolute Gasteiger partial charge is 0.429 e. The molecule has 0 saturated heterocycles. The van der Waals surface area contributed by atoms with E-state index in [1.807, 2.05) is 6.07 Å². The van der Waals surface area contributed by atoms with Gasteiger partial charge in [-0.1, -0.05) is 60.7 Å². The van der Waals surface area contributed by atoms with Crippen molar-refractivity contribution < 1.29 is 13.2 Å². The fourth-order valence-corrected chi connectivity index (χ4v) is 2.05. The van der Waals surface area contributed by atoms with Crippen molar-refractivity contribution in [3.05, 3.63) is 71.8 Å². The highest BCUT2D eigenvalue weighted by molar-refractivity contribution is 5.91. The molecule has 2 aromatic rings. The number of nitrogens with zero attached hydrogens (tertiary/aromatic N) is 1. The Kier molecular flexibility index (Phi) is 4.78. The van der Waals surface area contributed by atoms with Crippen LogP contribution < -0.4 is 0 Å². The lowest BCUT2D eigenvalue weighted by atomic mass is 10.1. The van der Waals surface area contributed by atoms with Crippen molar-refractivity contribution in [1.82, 2.24) is 0 Å². The molecule has 2 rings (SSSR count). The third-order valence-corrected chi connectivity index (χ3v) is 3.17. The zero-order valence-corrected chi connectivity index (χ0v) is 11.6. The number of aliphatic imine (C=N–C) groups is 1. The van der Waals surface area contributed by atoms with Crippen molar-refractivity contribution in [2.75, 3.05) is 0 Å². The lowest BCUT2D eigenvalue weighted by molar-refractivity contribution is -0.0604. The summed E-state index contributed by atoms with van der Waals surface area (Å²) in [5.41, 5.74) is 0.631. The summed E-state index contributed by atoms with van der Waals surface area (Å²) in [4.78, 5) is 3.90. The van der Waals surface area contributed by atoms with Crippen molar-refractivity contribution in [3.63, 3.8) is 0 Å². The van der Waals surface area contributed by atoms with E-state index in [4.69, 9.17) is 0 Å². The molecule has 1 atom stereocenters. The first-order valence-electron chi connectivity index (χ1n) is 6.69. The Morgan fingerprint density at radius 3 is 2.00 bits per heavy atom. The number of rotatable bonds is 4. The van der Waals surface area contributed by atoms with Gasteiger partial charge in [0.05, 0.1) is 6.04 Å². The number of halogens is 3. The van der Waals surface area contributed by atoms with Gasteiger partial charge in [-0.3, -0.25) is 4.99 Å². The summed E-state index contributed by atoms with van der Waals surface area (Å²) < 4.78 is 39.5. The van der Waals surface area contributed by atoms with Gasteiger partial charge >= 0.3 is 6.18 Å². The van der Waals surface area contributed by atoms with Crippen molar-refractivity contribution >= 4 is 5.71 Å². The highest BCUT2D eigenvalue weighted by Gasteiger charge is 2.35. The summed E-state index contributed by atoms with van der Waals surface area (Å²) in [6, 6.07) is 17.0. The first-order chi connectivity index (χ1) is 9.97. The van der Waals surface area contributed by atoms with Gasteiger partial charge in [0.2, 0.25) is 0 Å². The van der Waals surface area contributed by atoms with E-state index >= 15 is 0 Å². The molecule has 0 saturated carbocycles. The zero-order chi connectivity index (χ0) is 15.3. The molecule has 0 aromatic heterocycles. The fourth-order valence-electron chi connectivity index (χ4n) is 2.05. The van der Waals surface area contributed by atoms with E-state index in [1.165, 1.54) is 0 Å². The fraction of sp³-hybridized carbons (Fsp3) is 0.235. The van der Waals surface area contributed by atoms with E-state index in [9.17, 15) is 13.2 Å². The van der Waals surface area contributed by atoms with Crippen molar-refractivity contribution in [2.24, 2.45) is 4.99 Å². The average Bonchev–Trinajstić information content (AvgIpc) is 2.47. The summed E-state index contributed by atoms with van der Waals surface area (Å²) in [6.45, 7) is 1.67. The molecule has 0 aliphatic heterocycles. The molecular weight excluding hydrogens is 275 g/mol. The zero-order valence-electron chi connectivity index (χ0n) is 11.6. The maximum absolute atomic E-state index is 13.2. The second-order valence-electron chi connectivity index (χ2n) is 4.82. The van der Waals surface area contributed by atoms with E-state index in [2.05, 4.69) is 4.99 Å². The van der Waals surface area contributed by atoms with Gasteiger partial charge in [0.1, 0.15) is 5.71 Å². The SMILES string of the molecule is CC(N=C(Cc1ccccc1)C(F)(F)F)c1ccccc1. The minimum atomic E-state index is -4.42. The highest BCUT2D eigenvalue weighted by atomic mass is 19.4. The summed E-state index contributed by atoms with van der Waals surface area (Å²) in [5.74, 6) is 0. The molecule has 4 heteroatoms. The Bertz CT molecular complexity index is 588. The molecule has 0 bridgehead atoms. The normalized spacial score (nSPS) is 14.0. The molecule has 0 fully saturated rings. The average molecular weight is 291 g/mol. The molecule has 0 amide bonds. The van der Waals surface area contributed by atoms with E-state index in [0.29, 0.717) is 5.56 Å². The van der Waals surface area contributed by atoms with Gasteiger partial charge in [-0.15, -0.1) is 0 Å². The third kappa shape index (κ3) is 4.45. The van der Waals surface area contributed by atoms with Crippen molar-refractivity contribution in [2.45, 2.75) is 25.6 Å². The first-order valence-corrected chi connectivity index (χ1v) is 6.69. The third-order valence-electron chi connectivity index (χ3n) is 3.17. The lowest BCUT2D eigenvalue weighted by Crippen LogP contribution is -2.26. The Balaban J connectivity index is 2.26. The van der Waals surface area contributed by atoms with Crippen LogP contribution in [0.25, 0.3) is 0 Å². The van der Waals surface area contributed by atoms with Crippen LogP contribution in [0.2, 0.25) is 0 Å².